The molecule has 0 unspecified atom stereocenters. The highest BCUT2D eigenvalue weighted by Crippen LogP contribution is 2.28. The van der Waals surface area contributed by atoms with Crippen molar-refractivity contribution in [3.63, 3.8) is 0 Å². The molecule has 0 atom stereocenters. The van der Waals surface area contributed by atoms with E-state index in [-0.39, 0.29) is 11.8 Å². The standard InChI is InChI=1S/C25H25N3O/c29-25(20-13-14-20)26-15-5-10-24-27-22-8-3-4-9-23(22)28(24)17-18-11-12-19-6-1-2-7-21(19)16-18/h1-4,6-9,11-12,16,20H,5,10,13-15,17H2,(H,26,29). The van der Waals surface area contributed by atoms with Gasteiger partial charge in [0.15, 0.2) is 0 Å². The summed E-state index contributed by atoms with van der Waals surface area (Å²) in [5.41, 5.74) is 3.47. The van der Waals surface area contributed by atoms with Crippen molar-refractivity contribution >= 4 is 27.7 Å². The molecule has 146 valence electrons. The van der Waals surface area contributed by atoms with E-state index in [1.807, 2.05) is 6.07 Å². The summed E-state index contributed by atoms with van der Waals surface area (Å²) < 4.78 is 2.32. The Balaban J connectivity index is 1.37. The number of para-hydroxylation sites is 2. The molecule has 1 fully saturated rings. The van der Waals surface area contributed by atoms with Crippen molar-refractivity contribution in [1.82, 2.24) is 14.9 Å². The summed E-state index contributed by atoms with van der Waals surface area (Å²) in [6, 6.07) is 23.5. The topological polar surface area (TPSA) is 46.9 Å². The van der Waals surface area contributed by atoms with Crippen LogP contribution in [0, 0.1) is 5.92 Å². The third-order valence-corrected chi connectivity index (χ3v) is 5.71. The van der Waals surface area contributed by atoms with Gasteiger partial charge in [0, 0.05) is 25.4 Å². The molecule has 1 aromatic heterocycles. The van der Waals surface area contributed by atoms with Crippen molar-refractivity contribution in [3.05, 3.63) is 78.1 Å². The summed E-state index contributed by atoms with van der Waals surface area (Å²) in [5.74, 6) is 1.57. The number of benzene rings is 3. The highest BCUT2D eigenvalue weighted by molar-refractivity contribution is 5.83. The van der Waals surface area contributed by atoms with Gasteiger partial charge < -0.3 is 9.88 Å². The van der Waals surface area contributed by atoms with E-state index in [2.05, 4.69) is 70.5 Å². The monoisotopic (exact) mass is 383 g/mol. The molecule has 3 aromatic carbocycles. The van der Waals surface area contributed by atoms with Gasteiger partial charge in [-0.25, -0.2) is 4.98 Å². The number of carbonyl (C=O) groups excluding carboxylic acids is 1. The predicted molar refractivity (Wildman–Crippen MR) is 117 cm³/mol. The van der Waals surface area contributed by atoms with Gasteiger partial charge in [-0.05, 0) is 53.8 Å². The normalized spacial score (nSPS) is 13.8. The number of aryl methyl sites for hydroxylation is 1. The first-order chi connectivity index (χ1) is 14.3. The Hall–Kier alpha value is -3.14. The Bertz CT molecular complexity index is 1170. The van der Waals surface area contributed by atoms with Crippen LogP contribution in [0.5, 0.6) is 0 Å². The Labute approximate surface area is 170 Å². The number of aromatic nitrogens is 2. The number of amides is 1. The van der Waals surface area contributed by atoms with E-state index in [1.54, 1.807) is 0 Å². The van der Waals surface area contributed by atoms with Crippen LogP contribution in [0.1, 0.15) is 30.7 Å². The average molecular weight is 383 g/mol. The molecule has 1 aliphatic carbocycles. The fraction of sp³-hybridized carbons (Fsp3) is 0.280. The summed E-state index contributed by atoms with van der Waals surface area (Å²) >= 11 is 0. The maximum absolute atomic E-state index is 11.8. The van der Waals surface area contributed by atoms with Gasteiger partial charge in [-0.1, -0.05) is 48.5 Å². The van der Waals surface area contributed by atoms with Gasteiger partial charge in [0.25, 0.3) is 0 Å². The van der Waals surface area contributed by atoms with E-state index in [4.69, 9.17) is 4.98 Å². The number of rotatable bonds is 7. The largest absolute Gasteiger partial charge is 0.356 e. The minimum Gasteiger partial charge on any atom is -0.356 e. The molecule has 1 heterocycles. The van der Waals surface area contributed by atoms with Gasteiger partial charge in [0.2, 0.25) is 5.91 Å². The number of carbonyl (C=O) groups is 1. The van der Waals surface area contributed by atoms with Crippen LogP contribution in [-0.4, -0.2) is 22.0 Å². The van der Waals surface area contributed by atoms with Crippen LogP contribution in [0.3, 0.4) is 0 Å². The van der Waals surface area contributed by atoms with E-state index in [9.17, 15) is 4.79 Å². The molecular weight excluding hydrogens is 358 g/mol. The van der Waals surface area contributed by atoms with Crippen molar-refractivity contribution in [1.29, 1.82) is 0 Å². The van der Waals surface area contributed by atoms with Crippen LogP contribution in [0.15, 0.2) is 66.7 Å². The van der Waals surface area contributed by atoms with Crippen LogP contribution in [0.2, 0.25) is 0 Å². The number of hydrogen-bond acceptors (Lipinski definition) is 2. The second kappa shape index (κ2) is 7.70. The molecule has 0 spiro atoms. The van der Waals surface area contributed by atoms with E-state index in [0.717, 1.165) is 49.1 Å². The first-order valence-corrected chi connectivity index (χ1v) is 10.5. The maximum atomic E-state index is 11.8. The van der Waals surface area contributed by atoms with E-state index < -0.39 is 0 Å². The highest BCUT2D eigenvalue weighted by Gasteiger charge is 2.29. The average Bonchev–Trinajstić information content (AvgIpc) is 3.55. The molecule has 1 saturated carbocycles. The lowest BCUT2D eigenvalue weighted by atomic mass is 10.1. The number of hydrogen-bond donors (Lipinski definition) is 1. The van der Waals surface area contributed by atoms with Gasteiger partial charge in [-0.3, -0.25) is 4.79 Å². The third kappa shape index (κ3) is 3.88. The summed E-state index contributed by atoms with van der Waals surface area (Å²) in [5, 5.41) is 5.59. The summed E-state index contributed by atoms with van der Waals surface area (Å²) in [6.07, 6.45) is 3.85. The van der Waals surface area contributed by atoms with Crippen molar-refractivity contribution < 1.29 is 4.79 Å². The van der Waals surface area contributed by atoms with Crippen LogP contribution < -0.4 is 5.32 Å². The van der Waals surface area contributed by atoms with Gasteiger partial charge in [0.05, 0.1) is 11.0 Å². The zero-order valence-electron chi connectivity index (χ0n) is 16.5. The molecule has 1 aliphatic rings. The Morgan fingerprint density at radius 1 is 1.00 bits per heavy atom. The quantitative estimate of drug-likeness (QED) is 0.470. The summed E-state index contributed by atoms with van der Waals surface area (Å²) in [4.78, 5) is 16.7. The molecule has 0 aliphatic heterocycles. The van der Waals surface area contributed by atoms with Crippen LogP contribution >= 0.6 is 0 Å². The smallest absolute Gasteiger partial charge is 0.223 e. The molecule has 0 saturated heterocycles. The highest BCUT2D eigenvalue weighted by atomic mass is 16.2. The minimum atomic E-state index is 0.217. The number of nitrogens with one attached hydrogen (secondary N) is 1. The second-order valence-electron chi connectivity index (χ2n) is 7.95. The summed E-state index contributed by atoms with van der Waals surface area (Å²) in [7, 11) is 0. The number of nitrogens with zero attached hydrogens (tertiary/aromatic N) is 2. The molecule has 4 heteroatoms. The molecule has 1 amide bonds. The molecule has 4 aromatic rings. The van der Waals surface area contributed by atoms with Crippen molar-refractivity contribution in [3.8, 4) is 0 Å². The Morgan fingerprint density at radius 2 is 1.79 bits per heavy atom. The van der Waals surface area contributed by atoms with Crippen molar-refractivity contribution in [2.45, 2.75) is 32.2 Å². The van der Waals surface area contributed by atoms with Gasteiger partial charge in [0.1, 0.15) is 5.82 Å². The fourth-order valence-corrected chi connectivity index (χ4v) is 3.96. The number of imidazole rings is 1. The zero-order valence-corrected chi connectivity index (χ0v) is 16.5. The van der Waals surface area contributed by atoms with Crippen LogP contribution in [0.4, 0.5) is 0 Å². The molecule has 1 N–H and O–H groups in total. The molecular formula is C25H25N3O. The molecule has 29 heavy (non-hydrogen) atoms. The lowest BCUT2D eigenvalue weighted by molar-refractivity contribution is -0.122. The Kier molecular flexibility index (Phi) is 4.76. The van der Waals surface area contributed by atoms with Crippen molar-refractivity contribution in [2.24, 2.45) is 5.92 Å². The zero-order chi connectivity index (χ0) is 19.6. The predicted octanol–water partition coefficient (Wildman–Crippen LogP) is 4.70. The maximum Gasteiger partial charge on any atom is 0.223 e. The third-order valence-electron chi connectivity index (χ3n) is 5.71. The molecule has 0 bridgehead atoms. The SMILES string of the molecule is O=C(NCCCc1nc2ccccc2n1Cc1ccc2ccccc2c1)C1CC1. The molecule has 4 nitrogen and oxygen atoms in total. The molecule has 5 rings (SSSR count). The summed E-state index contributed by atoms with van der Waals surface area (Å²) in [6.45, 7) is 1.52. The van der Waals surface area contributed by atoms with E-state index in [1.165, 1.54) is 16.3 Å². The molecule has 0 radical (unpaired) electrons. The van der Waals surface area contributed by atoms with E-state index in [0.29, 0.717) is 6.54 Å². The first-order valence-electron chi connectivity index (χ1n) is 10.5. The number of fused-ring (bicyclic) bond motifs is 2. The van der Waals surface area contributed by atoms with Crippen LogP contribution in [0.25, 0.3) is 21.8 Å². The van der Waals surface area contributed by atoms with E-state index >= 15 is 0 Å². The fourth-order valence-electron chi connectivity index (χ4n) is 3.96. The lowest BCUT2D eigenvalue weighted by Crippen LogP contribution is -2.26. The van der Waals surface area contributed by atoms with Gasteiger partial charge in [-0.15, -0.1) is 0 Å². The van der Waals surface area contributed by atoms with Gasteiger partial charge in [-0.2, -0.15) is 0 Å². The Morgan fingerprint density at radius 3 is 2.66 bits per heavy atom. The van der Waals surface area contributed by atoms with Crippen molar-refractivity contribution in [2.75, 3.05) is 6.54 Å². The first kappa shape index (κ1) is 17.9. The lowest BCUT2D eigenvalue weighted by Gasteiger charge is -2.11. The van der Waals surface area contributed by atoms with Gasteiger partial charge >= 0.3 is 0 Å². The van der Waals surface area contributed by atoms with Crippen LogP contribution in [-0.2, 0) is 17.8 Å². The minimum absolute atomic E-state index is 0.217. The second-order valence-corrected chi connectivity index (χ2v) is 7.95.